The summed E-state index contributed by atoms with van der Waals surface area (Å²) in [5, 5.41) is 10.2. The summed E-state index contributed by atoms with van der Waals surface area (Å²) in [6.45, 7) is 2.73. The zero-order valence-corrected chi connectivity index (χ0v) is 13.2. The van der Waals surface area contributed by atoms with Crippen LogP contribution in [0.5, 0.6) is 0 Å². The predicted octanol–water partition coefficient (Wildman–Crippen LogP) is 3.76. The summed E-state index contributed by atoms with van der Waals surface area (Å²) < 4.78 is 7.13. The smallest absolute Gasteiger partial charge is 0.0827 e. The van der Waals surface area contributed by atoms with Gasteiger partial charge in [0.05, 0.1) is 6.10 Å². The number of hydrogen-bond donors (Lipinski definition) is 1. The molecule has 0 aliphatic heterocycles. The van der Waals surface area contributed by atoms with Gasteiger partial charge in [0.2, 0.25) is 0 Å². The van der Waals surface area contributed by atoms with Gasteiger partial charge in [0, 0.05) is 21.8 Å². The summed E-state index contributed by atoms with van der Waals surface area (Å²) >= 11 is 5.68. The number of halogens is 2. The highest BCUT2D eigenvalue weighted by Crippen LogP contribution is 2.30. The Morgan fingerprint density at radius 3 is 2.81 bits per heavy atom. The molecule has 90 valence electrons. The molecule has 0 aliphatic carbocycles. The van der Waals surface area contributed by atoms with E-state index in [4.69, 9.17) is 4.74 Å². The molecule has 0 heterocycles. The second-order valence-corrected chi connectivity index (χ2v) is 5.95. The molecule has 1 aromatic carbocycles. The van der Waals surface area contributed by atoms with E-state index in [1.165, 1.54) is 0 Å². The molecule has 1 N–H and O–H groups in total. The van der Waals surface area contributed by atoms with Gasteiger partial charge in [-0.1, -0.05) is 22.9 Å². The maximum absolute atomic E-state index is 10.2. The monoisotopic (exact) mass is 398 g/mol. The minimum absolute atomic E-state index is 0.197. The van der Waals surface area contributed by atoms with E-state index in [1.54, 1.807) is 7.11 Å². The molecule has 4 heteroatoms. The van der Waals surface area contributed by atoms with Crippen molar-refractivity contribution >= 4 is 38.5 Å². The van der Waals surface area contributed by atoms with Crippen molar-refractivity contribution in [1.82, 2.24) is 0 Å². The van der Waals surface area contributed by atoms with E-state index in [9.17, 15) is 5.11 Å². The van der Waals surface area contributed by atoms with Crippen LogP contribution in [0.4, 0.5) is 0 Å². The molecule has 2 nitrogen and oxygen atoms in total. The highest BCUT2D eigenvalue weighted by Gasteiger charge is 2.18. The number of benzene rings is 1. The van der Waals surface area contributed by atoms with Gasteiger partial charge >= 0.3 is 0 Å². The molecule has 0 radical (unpaired) electrons. The fraction of sp³-hybridized carbons (Fsp3) is 0.500. The Labute approximate surface area is 119 Å². The highest BCUT2D eigenvalue weighted by atomic mass is 127. The Bertz CT molecular complexity index is 344. The van der Waals surface area contributed by atoms with Crippen LogP contribution in [0.1, 0.15) is 25.0 Å². The van der Waals surface area contributed by atoms with Crippen molar-refractivity contribution in [1.29, 1.82) is 0 Å². The van der Waals surface area contributed by atoms with Crippen LogP contribution in [-0.2, 0) is 4.74 Å². The lowest BCUT2D eigenvalue weighted by atomic mass is 9.95. The first-order chi connectivity index (χ1) is 7.56. The first-order valence-electron chi connectivity index (χ1n) is 5.18. The number of methoxy groups -OCH3 is 1. The number of hydrogen-bond acceptors (Lipinski definition) is 2. The Morgan fingerprint density at radius 2 is 2.19 bits per heavy atom. The van der Waals surface area contributed by atoms with Crippen LogP contribution < -0.4 is 0 Å². The molecule has 0 saturated heterocycles. The Hall–Kier alpha value is 0.350. The van der Waals surface area contributed by atoms with E-state index in [-0.39, 0.29) is 5.92 Å². The SMILES string of the molecule is COCCC(C)C(O)c1cc(Br)ccc1I. The molecular formula is C12H16BrIO2. The van der Waals surface area contributed by atoms with Crippen LogP contribution in [0, 0.1) is 9.49 Å². The van der Waals surface area contributed by atoms with E-state index in [2.05, 4.69) is 38.5 Å². The number of rotatable bonds is 5. The first kappa shape index (κ1) is 14.4. The van der Waals surface area contributed by atoms with Crippen molar-refractivity contribution in [2.75, 3.05) is 13.7 Å². The summed E-state index contributed by atoms with van der Waals surface area (Å²) in [6.07, 6.45) is 0.430. The topological polar surface area (TPSA) is 29.5 Å². The lowest BCUT2D eigenvalue weighted by Crippen LogP contribution is -2.12. The molecule has 16 heavy (non-hydrogen) atoms. The summed E-state index contributed by atoms with van der Waals surface area (Å²) in [5.41, 5.74) is 0.985. The van der Waals surface area contributed by atoms with Crippen molar-refractivity contribution in [2.45, 2.75) is 19.4 Å². The van der Waals surface area contributed by atoms with E-state index >= 15 is 0 Å². The van der Waals surface area contributed by atoms with E-state index < -0.39 is 6.10 Å². The molecule has 0 fully saturated rings. The Kier molecular flexibility index (Phi) is 6.25. The molecule has 2 atom stereocenters. The lowest BCUT2D eigenvalue weighted by Gasteiger charge is -2.20. The average Bonchev–Trinajstić information content (AvgIpc) is 2.28. The fourth-order valence-corrected chi connectivity index (χ4v) is 2.54. The van der Waals surface area contributed by atoms with Crippen LogP contribution in [0.2, 0.25) is 0 Å². The van der Waals surface area contributed by atoms with Crippen LogP contribution in [0.3, 0.4) is 0 Å². The van der Waals surface area contributed by atoms with Gasteiger partial charge in [-0.2, -0.15) is 0 Å². The molecule has 0 spiro atoms. The van der Waals surface area contributed by atoms with E-state index in [0.717, 1.165) is 20.0 Å². The summed E-state index contributed by atoms with van der Waals surface area (Å²) in [6, 6.07) is 5.97. The van der Waals surface area contributed by atoms with Gasteiger partial charge in [0.15, 0.2) is 0 Å². The van der Waals surface area contributed by atoms with Crippen molar-refractivity contribution in [3.8, 4) is 0 Å². The van der Waals surface area contributed by atoms with Gasteiger partial charge in [-0.25, -0.2) is 0 Å². The van der Waals surface area contributed by atoms with Gasteiger partial charge in [-0.3, -0.25) is 0 Å². The third kappa shape index (κ3) is 3.98. The normalized spacial score (nSPS) is 14.8. The third-order valence-electron chi connectivity index (χ3n) is 2.59. The molecule has 0 bridgehead atoms. The first-order valence-corrected chi connectivity index (χ1v) is 7.05. The molecular weight excluding hydrogens is 383 g/mol. The quantitative estimate of drug-likeness (QED) is 0.765. The molecule has 2 unspecified atom stereocenters. The van der Waals surface area contributed by atoms with Crippen LogP contribution in [-0.4, -0.2) is 18.8 Å². The Balaban J connectivity index is 2.78. The highest BCUT2D eigenvalue weighted by molar-refractivity contribution is 14.1. The molecule has 0 amide bonds. The van der Waals surface area contributed by atoms with Gasteiger partial charge in [0.1, 0.15) is 0 Å². The van der Waals surface area contributed by atoms with Crippen LogP contribution in [0.25, 0.3) is 0 Å². The second-order valence-electron chi connectivity index (χ2n) is 3.87. The maximum atomic E-state index is 10.2. The zero-order chi connectivity index (χ0) is 12.1. The van der Waals surface area contributed by atoms with Crippen LogP contribution >= 0.6 is 38.5 Å². The average molecular weight is 399 g/mol. The van der Waals surface area contributed by atoms with Crippen molar-refractivity contribution in [3.05, 3.63) is 31.8 Å². The van der Waals surface area contributed by atoms with Gasteiger partial charge < -0.3 is 9.84 Å². The van der Waals surface area contributed by atoms with Gasteiger partial charge in [-0.05, 0) is 58.7 Å². The van der Waals surface area contributed by atoms with Crippen molar-refractivity contribution in [3.63, 3.8) is 0 Å². The number of ether oxygens (including phenoxy) is 1. The summed E-state index contributed by atoms with van der Waals surface area (Å²) in [7, 11) is 1.68. The molecule has 0 saturated carbocycles. The predicted molar refractivity (Wildman–Crippen MR) is 77.5 cm³/mol. The minimum Gasteiger partial charge on any atom is -0.388 e. The third-order valence-corrected chi connectivity index (χ3v) is 4.07. The second kappa shape index (κ2) is 6.93. The fourth-order valence-electron chi connectivity index (χ4n) is 1.51. The largest absolute Gasteiger partial charge is 0.388 e. The molecule has 0 aliphatic rings. The summed E-state index contributed by atoms with van der Waals surface area (Å²) in [4.78, 5) is 0. The zero-order valence-electron chi connectivity index (χ0n) is 9.41. The number of aliphatic hydroxyl groups excluding tert-OH is 1. The van der Waals surface area contributed by atoms with Crippen LogP contribution in [0.15, 0.2) is 22.7 Å². The van der Waals surface area contributed by atoms with Gasteiger partial charge in [-0.15, -0.1) is 0 Å². The Morgan fingerprint density at radius 1 is 1.50 bits per heavy atom. The van der Waals surface area contributed by atoms with E-state index in [0.29, 0.717) is 6.61 Å². The van der Waals surface area contributed by atoms with Gasteiger partial charge in [0.25, 0.3) is 0 Å². The van der Waals surface area contributed by atoms with Crippen molar-refractivity contribution < 1.29 is 9.84 Å². The van der Waals surface area contributed by atoms with Crippen molar-refractivity contribution in [2.24, 2.45) is 5.92 Å². The lowest BCUT2D eigenvalue weighted by molar-refractivity contribution is 0.0880. The molecule has 1 rings (SSSR count). The molecule has 1 aromatic rings. The number of aliphatic hydroxyl groups is 1. The minimum atomic E-state index is -0.431. The summed E-state index contributed by atoms with van der Waals surface area (Å²) in [5.74, 6) is 0.197. The maximum Gasteiger partial charge on any atom is 0.0827 e. The van der Waals surface area contributed by atoms with E-state index in [1.807, 2.05) is 25.1 Å². The molecule has 0 aromatic heterocycles. The standard InChI is InChI=1S/C12H16BrIO2/c1-8(5-6-16-2)12(15)10-7-9(13)3-4-11(10)14/h3-4,7-8,12,15H,5-6H2,1-2H3.